The van der Waals surface area contributed by atoms with Gasteiger partial charge in [0.2, 0.25) is 0 Å². The summed E-state index contributed by atoms with van der Waals surface area (Å²) in [7, 11) is 0. The maximum atomic E-state index is 13.1. The highest BCUT2D eigenvalue weighted by atomic mass is 79.9. The molecule has 0 spiro atoms. The lowest BCUT2D eigenvalue weighted by Gasteiger charge is -2.11. The molecule has 110 valence electrons. The number of rotatable bonds is 4. The number of nitrogens with one attached hydrogen (secondary N) is 1. The first-order valence-electron chi connectivity index (χ1n) is 5.96. The van der Waals surface area contributed by atoms with Gasteiger partial charge in [-0.2, -0.15) is 0 Å². The van der Waals surface area contributed by atoms with Crippen molar-refractivity contribution in [1.82, 2.24) is 0 Å². The molecular weight excluding hydrogens is 361 g/mol. The molecule has 0 saturated heterocycles. The van der Waals surface area contributed by atoms with Gasteiger partial charge in [0.15, 0.2) is 5.84 Å². The second kappa shape index (κ2) is 6.78. The average Bonchev–Trinajstić information content (AvgIpc) is 2.46. The van der Waals surface area contributed by atoms with Crippen molar-refractivity contribution in [3.8, 4) is 0 Å². The number of nitrogens with two attached hydrogens (primary N) is 1. The summed E-state index contributed by atoms with van der Waals surface area (Å²) in [6.07, 6.45) is 0. The van der Waals surface area contributed by atoms with E-state index >= 15 is 0 Å². The molecule has 0 aliphatic rings. The molecule has 2 aromatic carbocycles. The first-order valence-corrected chi connectivity index (χ1v) is 7.13. The highest BCUT2D eigenvalue weighted by molar-refractivity contribution is 9.10. The maximum Gasteiger partial charge on any atom is 0.170 e. The van der Waals surface area contributed by atoms with Crippen molar-refractivity contribution in [1.29, 1.82) is 0 Å². The van der Waals surface area contributed by atoms with Crippen LogP contribution in [-0.4, -0.2) is 11.0 Å². The van der Waals surface area contributed by atoms with Crippen molar-refractivity contribution >= 4 is 39.1 Å². The molecule has 0 saturated carbocycles. The Bertz CT molecular complexity index is 653. The lowest BCUT2D eigenvalue weighted by Crippen LogP contribution is -2.13. The normalized spacial score (nSPS) is 11.5. The molecule has 0 aromatic heterocycles. The Morgan fingerprint density at radius 3 is 2.57 bits per heavy atom. The Balaban J connectivity index is 2.10. The number of hydrogen-bond donors (Lipinski definition) is 3. The predicted molar refractivity (Wildman–Crippen MR) is 85.4 cm³/mol. The first-order chi connectivity index (χ1) is 10.0. The summed E-state index contributed by atoms with van der Waals surface area (Å²) in [5.41, 5.74) is 7.71. The molecule has 0 bridgehead atoms. The fourth-order valence-corrected chi connectivity index (χ4v) is 2.71. The molecule has 0 aliphatic carbocycles. The van der Waals surface area contributed by atoms with Crippen molar-refractivity contribution in [2.24, 2.45) is 10.9 Å². The summed E-state index contributed by atoms with van der Waals surface area (Å²) < 4.78 is 13.7. The molecule has 0 aliphatic heterocycles. The molecule has 4 N–H and O–H groups in total. The highest BCUT2D eigenvalue weighted by Crippen LogP contribution is 2.32. The SMILES string of the molecule is N/C(=N/O)c1ccc(CNc2c(Cl)cc(F)cc2Br)cc1. The molecule has 4 nitrogen and oxygen atoms in total. The van der Waals surface area contributed by atoms with E-state index in [-0.39, 0.29) is 5.84 Å². The van der Waals surface area contributed by atoms with Gasteiger partial charge in [0.05, 0.1) is 10.7 Å². The molecular formula is C14H12BrClFN3O. The third kappa shape index (κ3) is 3.86. The smallest absolute Gasteiger partial charge is 0.170 e. The van der Waals surface area contributed by atoms with E-state index in [1.165, 1.54) is 12.1 Å². The van der Waals surface area contributed by atoms with Gasteiger partial charge in [0.25, 0.3) is 0 Å². The lowest BCUT2D eigenvalue weighted by atomic mass is 10.1. The fourth-order valence-electron chi connectivity index (χ4n) is 1.75. The van der Waals surface area contributed by atoms with E-state index in [0.29, 0.717) is 27.3 Å². The molecule has 2 aromatic rings. The van der Waals surface area contributed by atoms with Crippen LogP contribution in [0.25, 0.3) is 0 Å². The Morgan fingerprint density at radius 2 is 2.00 bits per heavy atom. The van der Waals surface area contributed by atoms with Crippen LogP contribution in [0, 0.1) is 5.82 Å². The van der Waals surface area contributed by atoms with E-state index in [4.69, 9.17) is 22.5 Å². The van der Waals surface area contributed by atoms with Crippen molar-refractivity contribution in [3.63, 3.8) is 0 Å². The first kappa shape index (κ1) is 15.6. The number of nitrogens with zero attached hydrogens (tertiary/aromatic N) is 1. The third-order valence-corrected chi connectivity index (χ3v) is 3.76. The molecule has 0 atom stereocenters. The molecule has 0 heterocycles. The van der Waals surface area contributed by atoms with Crippen LogP contribution >= 0.6 is 27.5 Å². The van der Waals surface area contributed by atoms with Crippen molar-refractivity contribution in [3.05, 3.63) is 62.8 Å². The quantitative estimate of drug-likeness (QED) is 0.329. The molecule has 7 heteroatoms. The Morgan fingerprint density at radius 1 is 1.33 bits per heavy atom. The van der Waals surface area contributed by atoms with Crippen LogP contribution in [0.1, 0.15) is 11.1 Å². The summed E-state index contributed by atoms with van der Waals surface area (Å²) in [5, 5.41) is 15.0. The van der Waals surface area contributed by atoms with Gasteiger partial charge in [-0.05, 0) is 33.6 Å². The van der Waals surface area contributed by atoms with Crippen LogP contribution in [0.2, 0.25) is 5.02 Å². The number of anilines is 1. The number of halogens is 3. The molecule has 21 heavy (non-hydrogen) atoms. The van der Waals surface area contributed by atoms with E-state index in [0.717, 1.165) is 5.56 Å². The topological polar surface area (TPSA) is 70.6 Å². The minimum atomic E-state index is -0.402. The van der Waals surface area contributed by atoms with Gasteiger partial charge < -0.3 is 16.3 Å². The molecule has 0 radical (unpaired) electrons. The average molecular weight is 373 g/mol. The number of amidine groups is 1. The van der Waals surface area contributed by atoms with Crippen LogP contribution in [0.4, 0.5) is 10.1 Å². The number of oxime groups is 1. The van der Waals surface area contributed by atoms with Gasteiger partial charge in [-0.1, -0.05) is 41.0 Å². The summed E-state index contributed by atoms with van der Waals surface area (Å²) in [4.78, 5) is 0. The molecule has 0 unspecified atom stereocenters. The van der Waals surface area contributed by atoms with Gasteiger partial charge in [-0.25, -0.2) is 4.39 Å². The van der Waals surface area contributed by atoms with Gasteiger partial charge in [-0.15, -0.1) is 0 Å². The van der Waals surface area contributed by atoms with Crippen molar-refractivity contribution in [2.45, 2.75) is 6.54 Å². The fraction of sp³-hybridized carbons (Fsp3) is 0.0714. The zero-order valence-corrected chi connectivity index (χ0v) is 13.1. The van der Waals surface area contributed by atoms with Gasteiger partial charge in [0.1, 0.15) is 5.82 Å². The van der Waals surface area contributed by atoms with Crippen molar-refractivity contribution < 1.29 is 9.60 Å². The monoisotopic (exact) mass is 371 g/mol. The van der Waals surface area contributed by atoms with E-state index in [2.05, 4.69) is 26.4 Å². The van der Waals surface area contributed by atoms with Crippen LogP contribution in [0.3, 0.4) is 0 Å². The number of benzene rings is 2. The van der Waals surface area contributed by atoms with Crippen molar-refractivity contribution in [2.75, 3.05) is 5.32 Å². The van der Waals surface area contributed by atoms with Crippen LogP contribution < -0.4 is 11.1 Å². The second-order valence-corrected chi connectivity index (χ2v) is 5.54. The minimum absolute atomic E-state index is 0.0545. The van der Waals surface area contributed by atoms with Crippen LogP contribution in [-0.2, 0) is 6.54 Å². The largest absolute Gasteiger partial charge is 0.409 e. The van der Waals surface area contributed by atoms with E-state index < -0.39 is 5.82 Å². The van der Waals surface area contributed by atoms with Crippen LogP contribution in [0.15, 0.2) is 46.0 Å². The summed E-state index contributed by atoms with van der Waals surface area (Å²) in [6.45, 7) is 0.500. The minimum Gasteiger partial charge on any atom is -0.409 e. The van der Waals surface area contributed by atoms with Gasteiger partial charge in [0, 0.05) is 16.6 Å². The van der Waals surface area contributed by atoms with Gasteiger partial charge >= 0.3 is 0 Å². The second-order valence-electron chi connectivity index (χ2n) is 4.28. The molecule has 0 amide bonds. The standard InChI is InChI=1S/C14H12BrClFN3O/c15-11-5-10(17)6-12(16)13(11)19-7-8-1-3-9(4-2-8)14(18)20-21/h1-6,19,21H,7H2,(H2,18,20). The zero-order chi connectivity index (χ0) is 15.4. The van der Waals surface area contributed by atoms with E-state index in [9.17, 15) is 4.39 Å². The summed E-state index contributed by atoms with van der Waals surface area (Å²) in [6, 6.07) is 9.75. The Hall–Kier alpha value is -1.79. The third-order valence-electron chi connectivity index (χ3n) is 2.83. The van der Waals surface area contributed by atoms with Gasteiger partial charge in [-0.3, -0.25) is 0 Å². The Labute approximate surface area is 134 Å². The number of hydrogen-bond acceptors (Lipinski definition) is 3. The van der Waals surface area contributed by atoms with E-state index in [1.54, 1.807) is 12.1 Å². The molecule has 0 fully saturated rings. The summed E-state index contributed by atoms with van der Waals surface area (Å²) >= 11 is 9.26. The maximum absolute atomic E-state index is 13.1. The predicted octanol–water partition coefficient (Wildman–Crippen LogP) is 3.95. The van der Waals surface area contributed by atoms with Crippen LogP contribution in [0.5, 0.6) is 0 Å². The Kier molecular flexibility index (Phi) is 5.03. The molecule has 2 rings (SSSR count). The zero-order valence-electron chi connectivity index (χ0n) is 10.8. The van der Waals surface area contributed by atoms with E-state index in [1.807, 2.05) is 12.1 Å². The lowest BCUT2D eigenvalue weighted by molar-refractivity contribution is 0.318. The highest BCUT2D eigenvalue weighted by Gasteiger charge is 2.08. The summed E-state index contributed by atoms with van der Waals surface area (Å²) in [5.74, 6) is -0.348.